The predicted octanol–water partition coefficient (Wildman–Crippen LogP) is 5.42. The van der Waals surface area contributed by atoms with Crippen LogP contribution >= 0.6 is 11.6 Å². The highest BCUT2D eigenvalue weighted by molar-refractivity contribution is 6.35. The van der Waals surface area contributed by atoms with Gasteiger partial charge in [0.25, 0.3) is 0 Å². The molecule has 3 nitrogen and oxygen atoms in total. The van der Waals surface area contributed by atoms with E-state index in [1.54, 1.807) is 0 Å². The Morgan fingerprint density at radius 2 is 1.92 bits per heavy atom. The molecule has 0 aromatic heterocycles. The number of aliphatic hydroxyl groups excluding tert-OH is 1. The molecular weight excluding hydrogens is 336 g/mol. The smallest absolute Gasteiger partial charge is 0.225 e. The molecule has 0 aromatic carbocycles. The molecule has 1 N–H and O–H groups in total. The molecule has 1 heterocycles. The van der Waals surface area contributed by atoms with E-state index in [9.17, 15) is 9.90 Å². The molecule has 3 aliphatic carbocycles. The minimum Gasteiger partial charge on any atom is -0.503 e. The minimum absolute atomic E-state index is 0.130. The van der Waals surface area contributed by atoms with Gasteiger partial charge >= 0.3 is 0 Å². The van der Waals surface area contributed by atoms with Gasteiger partial charge in [0.2, 0.25) is 5.78 Å². The van der Waals surface area contributed by atoms with E-state index in [1.807, 2.05) is 0 Å². The number of hydrogen-bond acceptors (Lipinski definition) is 3. The average molecular weight is 363 g/mol. The number of rotatable bonds is 0. The van der Waals surface area contributed by atoms with Gasteiger partial charge in [0.1, 0.15) is 11.4 Å². The van der Waals surface area contributed by atoms with Crippen LogP contribution in [-0.4, -0.2) is 16.5 Å². The summed E-state index contributed by atoms with van der Waals surface area (Å²) < 4.78 is 6.40. The number of ether oxygens (including phenoxy) is 1. The monoisotopic (exact) mass is 362 g/mol. The molecule has 25 heavy (non-hydrogen) atoms. The first kappa shape index (κ1) is 17.2. The van der Waals surface area contributed by atoms with Crippen LogP contribution in [-0.2, 0) is 9.53 Å². The quantitative estimate of drug-likeness (QED) is 0.625. The van der Waals surface area contributed by atoms with Gasteiger partial charge in [-0.1, -0.05) is 44.9 Å². The van der Waals surface area contributed by atoms with Gasteiger partial charge in [-0.25, -0.2) is 0 Å². The van der Waals surface area contributed by atoms with Crippen molar-refractivity contribution in [3.8, 4) is 0 Å². The topological polar surface area (TPSA) is 46.5 Å². The standard InChI is InChI=1S/C21H27ClO3/c1-19(2)7-5-8-20(3)15(19)6-9-21(4)16(20)10-12-14(25-21)11-13(23)18(24)17(12)22/h10-11,15-16,24H,5-9H2,1-4H3/t15-,16+,20-,21-/m0/s1. The molecule has 136 valence electrons. The average Bonchev–Trinajstić information content (AvgIpc) is 2.50. The summed E-state index contributed by atoms with van der Waals surface area (Å²) in [7, 11) is 0. The van der Waals surface area contributed by atoms with Crippen LogP contribution < -0.4 is 0 Å². The molecule has 0 amide bonds. The Kier molecular flexibility index (Phi) is 3.55. The Balaban J connectivity index is 1.85. The van der Waals surface area contributed by atoms with Gasteiger partial charge in [-0.2, -0.15) is 0 Å². The number of hydrogen-bond donors (Lipinski definition) is 1. The van der Waals surface area contributed by atoms with Crippen LogP contribution in [0.15, 0.2) is 34.3 Å². The first-order valence-electron chi connectivity index (χ1n) is 9.35. The molecule has 2 saturated carbocycles. The summed E-state index contributed by atoms with van der Waals surface area (Å²) in [6, 6.07) is 0. The summed E-state index contributed by atoms with van der Waals surface area (Å²) in [5.41, 5.74) is 0.833. The number of carbonyl (C=O) groups is 1. The van der Waals surface area contributed by atoms with Crippen LogP contribution in [0.4, 0.5) is 0 Å². The van der Waals surface area contributed by atoms with E-state index in [4.69, 9.17) is 16.3 Å². The maximum Gasteiger partial charge on any atom is 0.225 e. The third-order valence-electron chi connectivity index (χ3n) is 7.46. The molecule has 4 heteroatoms. The predicted molar refractivity (Wildman–Crippen MR) is 98.1 cm³/mol. The number of carbonyl (C=O) groups excluding carboxylic acids is 1. The van der Waals surface area contributed by atoms with Crippen molar-refractivity contribution >= 4 is 17.4 Å². The fourth-order valence-corrected chi connectivity index (χ4v) is 6.54. The van der Waals surface area contributed by atoms with E-state index in [0.717, 1.165) is 12.8 Å². The van der Waals surface area contributed by atoms with Crippen molar-refractivity contribution in [1.29, 1.82) is 0 Å². The molecule has 4 aliphatic rings. The number of fused-ring (bicyclic) bond motifs is 4. The van der Waals surface area contributed by atoms with Crippen LogP contribution in [0.25, 0.3) is 0 Å². The SMILES string of the molecule is CC1(C)CCC[C@]2(C)[C@H]3C=C4C(=CC(=O)C(O)=C4Cl)O[C@@]3(C)CC[C@@H]12. The van der Waals surface area contributed by atoms with E-state index >= 15 is 0 Å². The minimum atomic E-state index is -0.474. The molecular formula is C21H27ClO3. The molecule has 0 radical (unpaired) electrons. The summed E-state index contributed by atoms with van der Waals surface area (Å²) in [4.78, 5) is 11.9. The second-order valence-electron chi connectivity index (χ2n) is 9.45. The van der Waals surface area contributed by atoms with Crippen molar-refractivity contribution in [2.75, 3.05) is 0 Å². The van der Waals surface area contributed by atoms with Crippen LogP contribution in [0.5, 0.6) is 0 Å². The summed E-state index contributed by atoms with van der Waals surface area (Å²) in [5, 5.41) is 10.1. The summed E-state index contributed by atoms with van der Waals surface area (Å²) >= 11 is 6.31. The lowest BCUT2D eigenvalue weighted by molar-refractivity contribution is -0.162. The van der Waals surface area contributed by atoms with Gasteiger partial charge in [0, 0.05) is 17.6 Å². The first-order chi connectivity index (χ1) is 11.6. The van der Waals surface area contributed by atoms with Crippen molar-refractivity contribution < 1.29 is 14.6 Å². The van der Waals surface area contributed by atoms with E-state index in [-0.39, 0.29) is 27.7 Å². The van der Waals surface area contributed by atoms with Crippen LogP contribution in [0.1, 0.15) is 59.8 Å². The van der Waals surface area contributed by atoms with Gasteiger partial charge in [0.05, 0.1) is 5.03 Å². The van der Waals surface area contributed by atoms with Gasteiger partial charge in [-0.3, -0.25) is 4.79 Å². The Morgan fingerprint density at radius 3 is 2.64 bits per heavy atom. The molecule has 4 atom stereocenters. The largest absolute Gasteiger partial charge is 0.503 e. The van der Waals surface area contributed by atoms with Gasteiger partial charge < -0.3 is 9.84 Å². The molecule has 0 bridgehead atoms. The number of halogens is 1. The van der Waals surface area contributed by atoms with Gasteiger partial charge in [0.15, 0.2) is 5.76 Å². The first-order valence-corrected chi connectivity index (χ1v) is 9.73. The maximum atomic E-state index is 11.9. The third kappa shape index (κ3) is 2.27. The molecule has 0 aromatic rings. The van der Waals surface area contributed by atoms with E-state index in [0.29, 0.717) is 22.7 Å². The lowest BCUT2D eigenvalue weighted by Crippen LogP contribution is -2.59. The number of allylic oxidation sites excluding steroid dienone is 2. The highest BCUT2D eigenvalue weighted by atomic mass is 35.5. The van der Waals surface area contributed by atoms with Gasteiger partial charge in [-0.15, -0.1) is 0 Å². The second-order valence-corrected chi connectivity index (χ2v) is 9.83. The van der Waals surface area contributed by atoms with Crippen molar-refractivity contribution in [3.63, 3.8) is 0 Å². The van der Waals surface area contributed by atoms with Crippen molar-refractivity contribution in [2.24, 2.45) is 22.7 Å². The van der Waals surface area contributed by atoms with E-state index < -0.39 is 5.78 Å². The van der Waals surface area contributed by atoms with Crippen molar-refractivity contribution in [2.45, 2.75) is 65.4 Å². The summed E-state index contributed by atoms with van der Waals surface area (Å²) in [6.07, 6.45) is 9.38. The Labute approximate surface area is 154 Å². The fourth-order valence-electron chi connectivity index (χ4n) is 6.29. The van der Waals surface area contributed by atoms with Crippen LogP contribution in [0.2, 0.25) is 0 Å². The van der Waals surface area contributed by atoms with Crippen molar-refractivity contribution in [1.82, 2.24) is 0 Å². The van der Waals surface area contributed by atoms with Crippen molar-refractivity contribution in [3.05, 3.63) is 34.3 Å². The molecule has 0 spiro atoms. The second kappa shape index (κ2) is 5.16. The zero-order valence-electron chi connectivity index (χ0n) is 15.5. The van der Waals surface area contributed by atoms with Gasteiger partial charge in [-0.05, 0) is 49.4 Å². The van der Waals surface area contributed by atoms with E-state index in [2.05, 4.69) is 33.8 Å². The zero-order chi connectivity index (χ0) is 18.2. The summed E-state index contributed by atoms with van der Waals surface area (Å²) in [5.74, 6) is 0.534. The molecule has 0 unspecified atom stereocenters. The number of ketones is 1. The van der Waals surface area contributed by atoms with Crippen LogP contribution in [0.3, 0.4) is 0 Å². The Bertz CT molecular complexity index is 744. The lowest BCUT2D eigenvalue weighted by Gasteiger charge is -2.62. The maximum absolute atomic E-state index is 11.9. The Hall–Kier alpha value is -1.22. The number of aliphatic hydroxyl groups is 1. The van der Waals surface area contributed by atoms with E-state index in [1.165, 1.54) is 25.3 Å². The lowest BCUT2D eigenvalue weighted by atomic mass is 9.45. The molecule has 0 saturated heterocycles. The summed E-state index contributed by atoms with van der Waals surface area (Å²) in [6.45, 7) is 9.38. The normalized spacial score (nSPS) is 42.5. The molecule has 2 fully saturated rings. The highest BCUT2D eigenvalue weighted by Crippen LogP contribution is 2.65. The fraction of sp³-hybridized carbons (Fsp3) is 0.667. The zero-order valence-corrected chi connectivity index (χ0v) is 16.2. The molecule has 1 aliphatic heterocycles. The molecule has 4 rings (SSSR count). The Morgan fingerprint density at radius 1 is 1.20 bits per heavy atom. The van der Waals surface area contributed by atoms with Crippen LogP contribution in [0, 0.1) is 22.7 Å². The third-order valence-corrected chi connectivity index (χ3v) is 7.84. The highest BCUT2D eigenvalue weighted by Gasteiger charge is 2.60.